The standard InChI is InChI=1S/C15H20N2O3/c16-9-12(15(18)17-5-1-2-6-17)7-11-3-4-13-14(8-11)20-10-19-13/h3-4,8,12H,1-2,5-7,9-10,16H2. The Bertz CT molecular complexity index is 498. The van der Waals surface area contributed by atoms with Gasteiger partial charge in [-0.05, 0) is 37.0 Å². The molecule has 1 aromatic carbocycles. The lowest BCUT2D eigenvalue weighted by Crippen LogP contribution is -2.38. The van der Waals surface area contributed by atoms with Gasteiger partial charge >= 0.3 is 0 Å². The number of fused-ring (bicyclic) bond motifs is 1. The molecule has 2 aliphatic heterocycles. The predicted octanol–water partition coefficient (Wildman–Crippen LogP) is 1.16. The third-order valence-corrected chi connectivity index (χ3v) is 3.97. The van der Waals surface area contributed by atoms with Gasteiger partial charge in [-0.1, -0.05) is 6.07 Å². The van der Waals surface area contributed by atoms with Crippen LogP contribution >= 0.6 is 0 Å². The smallest absolute Gasteiger partial charge is 0.231 e. The first-order valence-corrected chi connectivity index (χ1v) is 7.15. The fourth-order valence-corrected chi connectivity index (χ4v) is 2.82. The van der Waals surface area contributed by atoms with Crippen molar-refractivity contribution in [3.05, 3.63) is 23.8 Å². The molecule has 0 spiro atoms. The molecule has 1 unspecified atom stereocenters. The Kier molecular flexibility index (Phi) is 3.78. The van der Waals surface area contributed by atoms with Crippen LogP contribution in [0.25, 0.3) is 0 Å². The van der Waals surface area contributed by atoms with Gasteiger partial charge in [-0.2, -0.15) is 0 Å². The zero-order valence-corrected chi connectivity index (χ0v) is 11.5. The summed E-state index contributed by atoms with van der Waals surface area (Å²) < 4.78 is 10.7. The van der Waals surface area contributed by atoms with Gasteiger partial charge in [-0.15, -0.1) is 0 Å². The van der Waals surface area contributed by atoms with Crippen molar-refractivity contribution >= 4 is 5.91 Å². The monoisotopic (exact) mass is 276 g/mol. The van der Waals surface area contributed by atoms with Gasteiger partial charge in [-0.3, -0.25) is 4.79 Å². The van der Waals surface area contributed by atoms with Gasteiger partial charge < -0.3 is 20.1 Å². The van der Waals surface area contributed by atoms with Gasteiger partial charge in [0.05, 0.1) is 5.92 Å². The summed E-state index contributed by atoms with van der Waals surface area (Å²) in [5.74, 6) is 1.56. The predicted molar refractivity (Wildman–Crippen MR) is 74.6 cm³/mol. The topological polar surface area (TPSA) is 64.8 Å². The summed E-state index contributed by atoms with van der Waals surface area (Å²) in [7, 11) is 0. The molecule has 0 saturated carbocycles. The number of ether oxygens (including phenoxy) is 2. The zero-order chi connectivity index (χ0) is 13.9. The van der Waals surface area contributed by atoms with E-state index in [1.807, 2.05) is 23.1 Å². The van der Waals surface area contributed by atoms with Crippen LogP contribution in [0.5, 0.6) is 11.5 Å². The summed E-state index contributed by atoms with van der Waals surface area (Å²) in [6.07, 6.45) is 2.86. The maximum Gasteiger partial charge on any atom is 0.231 e. The van der Waals surface area contributed by atoms with E-state index in [1.165, 1.54) is 0 Å². The van der Waals surface area contributed by atoms with Crippen LogP contribution in [0.3, 0.4) is 0 Å². The number of carbonyl (C=O) groups excluding carboxylic acids is 1. The van der Waals surface area contributed by atoms with Crippen molar-refractivity contribution < 1.29 is 14.3 Å². The summed E-state index contributed by atoms with van der Waals surface area (Å²) in [5, 5.41) is 0. The van der Waals surface area contributed by atoms with E-state index >= 15 is 0 Å². The largest absolute Gasteiger partial charge is 0.454 e. The summed E-state index contributed by atoms with van der Waals surface area (Å²) in [6.45, 7) is 2.39. The average Bonchev–Trinajstić information content (AvgIpc) is 3.14. The molecule has 1 aromatic rings. The molecule has 1 atom stereocenters. The molecule has 1 fully saturated rings. The second-order valence-corrected chi connectivity index (χ2v) is 5.36. The van der Waals surface area contributed by atoms with E-state index < -0.39 is 0 Å². The molecule has 5 nitrogen and oxygen atoms in total. The number of rotatable bonds is 4. The highest BCUT2D eigenvalue weighted by Crippen LogP contribution is 2.33. The molecule has 0 bridgehead atoms. The lowest BCUT2D eigenvalue weighted by molar-refractivity contribution is -0.134. The van der Waals surface area contributed by atoms with Crippen molar-refractivity contribution in [1.82, 2.24) is 4.90 Å². The molecule has 0 radical (unpaired) electrons. The lowest BCUT2D eigenvalue weighted by Gasteiger charge is -2.22. The Morgan fingerprint density at radius 1 is 1.25 bits per heavy atom. The van der Waals surface area contributed by atoms with Crippen LogP contribution in [0, 0.1) is 5.92 Å². The van der Waals surface area contributed by atoms with Crippen molar-refractivity contribution in [2.24, 2.45) is 11.7 Å². The minimum absolute atomic E-state index is 0.145. The van der Waals surface area contributed by atoms with Gasteiger partial charge in [0.25, 0.3) is 0 Å². The number of nitrogens with zero attached hydrogens (tertiary/aromatic N) is 1. The van der Waals surface area contributed by atoms with E-state index in [4.69, 9.17) is 15.2 Å². The quantitative estimate of drug-likeness (QED) is 0.896. The van der Waals surface area contributed by atoms with Crippen molar-refractivity contribution in [2.45, 2.75) is 19.3 Å². The highest BCUT2D eigenvalue weighted by atomic mass is 16.7. The third-order valence-electron chi connectivity index (χ3n) is 3.97. The van der Waals surface area contributed by atoms with Crippen LogP contribution in [0.15, 0.2) is 18.2 Å². The normalized spacial score (nSPS) is 18.4. The molecule has 1 saturated heterocycles. The summed E-state index contributed by atoms with van der Waals surface area (Å²) >= 11 is 0. The van der Waals surface area contributed by atoms with E-state index in [0.29, 0.717) is 13.0 Å². The Balaban J connectivity index is 1.69. The number of hydrogen-bond acceptors (Lipinski definition) is 4. The molecule has 2 N–H and O–H groups in total. The third kappa shape index (κ3) is 2.58. The average molecular weight is 276 g/mol. The lowest BCUT2D eigenvalue weighted by atomic mass is 9.97. The van der Waals surface area contributed by atoms with Gasteiger partial charge in [0, 0.05) is 19.6 Å². The van der Waals surface area contributed by atoms with E-state index in [2.05, 4.69) is 0 Å². The number of hydrogen-bond donors (Lipinski definition) is 1. The molecule has 20 heavy (non-hydrogen) atoms. The molecule has 2 heterocycles. The first-order valence-electron chi connectivity index (χ1n) is 7.15. The summed E-state index contributed by atoms with van der Waals surface area (Å²) in [4.78, 5) is 14.3. The molecule has 0 aromatic heterocycles. The van der Waals surface area contributed by atoms with Crippen LogP contribution in [0.1, 0.15) is 18.4 Å². The minimum atomic E-state index is -0.145. The molecule has 108 valence electrons. The second-order valence-electron chi connectivity index (χ2n) is 5.36. The van der Waals surface area contributed by atoms with Crippen molar-refractivity contribution in [1.29, 1.82) is 0 Å². The molecular formula is C15H20N2O3. The number of amides is 1. The van der Waals surface area contributed by atoms with Crippen LogP contribution in [-0.4, -0.2) is 37.2 Å². The first-order chi connectivity index (χ1) is 9.78. The van der Waals surface area contributed by atoms with E-state index in [9.17, 15) is 4.79 Å². The minimum Gasteiger partial charge on any atom is -0.454 e. The highest BCUT2D eigenvalue weighted by molar-refractivity contribution is 5.79. The molecule has 2 aliphatic rings. The molecule has 5 heteroatoms. The van der Waals surface area contributed by atoms with Crippen LogP contribution < -0.4 is 15.2 Å². The second kappa shape index (κ2) is 5.71. The first kappa shape index (κ1) is 13.2. The SMILES string of the molecule is NCC(Cc1ccc2c(c1)OCO2)C(=O)N1CCCC1. The fourth-order valence-electron chi connectivity index (χ4n) is 2.82. The van der Waals surface area contributed by atoms with Crippen molar-refractivity contribution in [2.75, 3.05) is 26.4 Å². The maximum atomic E-state index is 12.4. The number of nitrogens with two attached hydrogens (primary N) is 1. The van der Waals surface area contributed by atoms with Crippen molar-refractivity contribution in [3.63, 3.8) is 0 Å². The Labute approximate surface area is 118 Å². The molecule has 3 rings (SSSR count). The molecule has 0 aliphatic carbocycles. The van der Waals surface area contributed by atoms with Crippen molar-refractivity contribution in [3.8, 4) is 11.5 Å². The van der Waals surface area contributed by atoms with Gasteiger partial charge in [0.15, 0.2) is 11.5 Å². The summed E-state index contributed by atoms with van der Waals surface area (Å²) in [6, 6.07) is 5.82. The molecular weight excluding hydrogens is 256 g/mol. The zero-order valence-electron chi connectivity index (χ0n) is 11.5. The van der Waals surface area contributed by atoms with Crippen LogP contribution in [0.4, 0.5) is 0 Å². The Morgan fingerprint density at radius 3 is 2.75 bits per heavy atom. The van der Waals surface area contributed by atoms with Crippen LogP contribution in [0.2, 0.25) is 0 Å². The van der Waals surface area contributed by atoms with Gasteiger partial charge in [0.1, 0.15) is 0 Å². The summed E-state index contributed by atoms with van der Waals surface area (Å²) in [5.41, 5.74) is 6.87. The Hall–Kier alpha value is -1.75. The number of benzene rings is 1. The van der Waals surface area contributed by atoms with Gasteiger partial charge in [-0.25, -0.2) is 0 Å². The number of likely N-dealkylation sites (tertiary alicyclic amines) is 1. The van der Waals surface area contributed by atoms with Gasteiger partial charge in [0.2, 0.25) is 12.7 Å². The number of carbonyl (C=O) groups is 1. The Morgan fingerprint density at radius 2 is 2.00 bits per heavy atom. The molecule has 1 amide bonds. The van der Waals surface area contributed by atoms with E-state index in [-0.39, 0.29) is 18.6 Å². The van der Waals surface area contributed by atoms with E-state index in [0.717, 1.165) is 43.0 Å². The highest BCUT2D eigenvalue weighted by Gasteiger charge is 2.26. The van der Waals surface area contributed by atoms with Crippen LogP contribution in [-0.2, 0) is 11.2 Å². The fraction of sp³-hybridized carbons (Fsp3) is 0.533. The maximum absolute atomic E-state index is 12.4. The van der Waals surface area contributed by atoms with E-state index in [1.54, 1.807) is 0 Å².